The van der Waals surface area contributed by atoms with Crippen molar-refractivity contribution >= 4 is 10.8 Å². The average molecular weight is 200 g/mol. The molecule has 0 saturated heterocycles. The van der Waals surface area contributed by atoms with Crippen LogP contribution < -0.4 is 11.5 Å². The molecule has 0 aliphatic carbocycles. The Kier molecular flexibility index (Phi) is 2.99. The monoisotopic (exact) mass is 200 g/mol. The first-order chi connectivity index (χ1) is 7.31. The number of fused-ring (bicyclic) bond motifs is 1. The van der Waals surface area contributed by atoms with Gasteiger partial charge in [-0.15, -0.1) is 0 Å². The SMILES string of the molecule is NCC[C@H](N)c1ccc2ccccc2c1. The summed E-state index contributed by atoms with van der Waals surface area (Å²) in [5, 5.41) is 2.49. The van der Waals surface area contributed by atoms with Gasteiger partial charge in [0, 0.05) is 6.04 Å². The summed E-state index contributed by atoms with van der Waals surface area (Å²) in [6, 6.07) is 14.7. The van der Waals surface area contributed by atoms with Crippen molar-refractivity contribution < 1.29 is 0 Å². The van der Waals surface area contributed by atoms with Gasteiger partial charge in [-0.3, -0.25) is 0 Å². The van der Waals surface area contributed by atoms with Crippen molar-refractivity contribution in [3.8, 4) is 0 Å². The van der Waals surface area contributed by atoms with Crippen LogP contribution in [0, 0.1) is 0 Å². The van der Waals surface area contributed by atoms with Gasteiger partial charge in [0.15, 0.2) is 0 Å². The molecule has 78 valence electrons. The highest BCUT2D eigenvalue weighted by Crippen LogP contribution is 2.20. The van der Waals surface area contributed by atoms with Crippen LogP contribution >= 0.6 is 0 Å². The second-order valence-corrected chi connectivity index (χ2v) is 3.79. The predicted octanol–water partition coefficient (Wildman–Crippen LogP) is 2.19. The van der Waals surface area contributed by atoms with Gasteiger partial charge in [-0.05, 0) is 35.4 Å². The quantitative estimate of drug-likeness (QED) is 0.798. The summed E-state index contributed by atoms with van der Waals surface area (Å²) in [7, 11) is 0. The van der Waals surface area contributed by atoms with Crippen molar-refractivity contribution in [2.75, 3.05) is 6.54 Å². The smallest absolute Gasteiger partial charge is 0.0307 e. The Balaban J connectivity index is 2.38. The van der Waals surface area contributed by atoms with Crippen molar-refractivity contribution in [3.63, 3.8) is 0 Å². The summed E-state index contributed by atoms with van der Waals surface area (Å²) >= 11 is 0. The molecule has 2 heteroatoms. The average Bonchev–Trinajstić information content (AvgIpc) is 2.29. The van der Waals surface area contributed by atoms with Gasteiger partial charge in [0.05, 0.1) is 0 Å². The zero-order chi connectivity index (χ0) is 10.7. The number of nitrogens with two attached hydrogens (primary N) is 2. The third-order valence-corrected chi connectivity index (χ3v) is 2.68. The lowest BCUT2D eigenvalue weighted by molar-refractivity contribution is 0.662. The number of rotatable bonds is 3. The summed E-state index contributed by atoms with van der Waals surface area (Å²) in [4.78, 5) is 0. The van der Waals surface area contributed by atoms with Crippen molar-refractivity contribution in [1.82, 2.24) is 0 Å². The van der Waals surface area contributed by atoms with E-state index in [1.54, 1.807) is 0 Å². The minimum Gasteiger partial charge on any atom is -0.330 e. The molecule has 0 bridgehead atoms. The first kappa shape index (κ1) is 10.1. The van der Waals surface area contributed by atoms with E-state index in [9.17, 15) is 0 Å². The molecule has 1 atom stereocenters. The molecule has 15 heavy (non-hydrogen) atoms. The highest BCUT2D eigenvalue weighted by molar-refractivity contribution is 5.83. The van der Waals surface area contributed by atoms with E-state index in [4.69, 9.17) is 11.5 Å². The summed E-state index contributed by atoms with van der Waals surface area (Å²) < 4.78 is 0. The molecule has 0 aliphatic heterocycles. The van der Waals surface area contributed by atoms with Gasteiger partial charge in [-0.2, -0.15) is 0 Å². The second-order valence-electron chi connectivity index (χ2n) is 3.79. The number of hydrogen-bond donors (Lipinski definition) is 2. The maximum absolute atomic E-state index is 6.02. The van der Waals surface area contributed by atoms with E-state index in [0.29, 0.717) is 6.54 Å². The Morgan fingerprint density at radius 3 is 2.47 bits per heavy atom. The molecule has 0 aromatic heterocycles. The van der Waals surface area contributed by atoms with Crippen molar-refractivity contribution in [1.29, 1.82) is 0 Å². The van der Waals surface area contributed by atoms with E-state index in [-0.39, 0.29) is 6.04 Å². The maximum Gasteiger partial charge on any atom is 0.0307 e. The Bertz CT molecular complexity index is 451. The molecule has 0 spiro atoms. The summed E-state index contributed by atoms with van der Waals surface area (Å²) in [6.07, 6.45) is 0.832. The van der Waals surface area contributed by atoms with Gasteiger partial charge in [-0.25, -0.2) is 0 Å². The Labute approximate surface area is 89.9 Å². The van der Waals surface area contributed by atoms with Crippen LogP contribution in [-0.2, 0) is 0 Å². The summed E-state index contributed by atoms with van der Waals surface area (Å²) in [5.41, 5.74) is 12.7. The van der Waals surface area contributed by atoms with Crippen LogP contribution in [0.25, 0.3) is 10.8 Å². The van der Waals surface area contributed by atoms with Gasteiger partial charge in [0.2, 0.25) is 0 Å². The van der Waals surface area contributed by atoms with Gasteiger partial charge in [0.1, 0.15) is 0 Å². The van der Waals surface area contributed by atoms with E-state index in [0.717, 1.165) is 6.42 Å². The van der Waals surface area contributed by atoms with Gasteiger partial charge in [-0.1, -0.05) is 36.4 Å². The Hall–Kier alpha value is -1.38. The lowest BCUT2D eigenvalue weighted by Crippen LogP contribution is -2.15. The zero-order valence-corrected chi connectivity index (χ0v) is 8.69. The molecule has 0 aliphatic rings. The van der Waals surface area contributed by atoms with Crippen molar-refractivity contribution in [2.24, 2.45) is 11.5 Å². The van der Waals surface area contributed by atoms with Gasteiger partial charge < -0.3 is 11.5 Å². The largest absolute Gasteiger partial charge is 0.330 e. The molecule has 2 aromatic carbocycles. The molecule has 0 heterocycles. The highest BCUT2D eigenvalue weighted by Gasteiger charge is 2.04. The predicted molar refractivity (Wildman–Crippen MR) is 64.5 cm³/mol. The highest BCUT2D eigenvalue weighted by atomic mass is 14.7. The Morgan fingerprint density at radius 1 is 1.00 bits per heavy atom. The first-order valence-electron chi connectivity index (χ1n) is 5.25. The minimum atomic E-state index is 0.0552. The molecule has 0 saturated carbocycles. The lowest BCUT2D eigenvalue weighted by Gasteiger charge is -2.11. The second kappa shape index (κ2) is 4.43. The van der Waals surface area contributed by atoms with E-state index >= 15 is 0 Å². The van der Waals surface area contributed by atoms with Crippen LogP contribution in [0.5, 0.6) is 0 Å². The van der Waals surface area contributed by atoms with E-state index in [1.165, 1.54) is 16.3 Å². The van der Waals surface area contributed by atoms with Crippen LogP contribution in [0.15, 0.2) is 42.5 Å². The van der Waals surface area contributed by atoms with E-state index in [2.05, 4.69) is 30.3 Å². The van der Waals surface area contributed by atoms with Crippen LogP contribution in [0.4, 0.5) is 0 Å². The normalized spacial score (nSPS) is 12.9. The fraction of sp³-hybridized carbons (Fsp3) is 0.231. The van der Waals surface area contributed by atoms with Crippen LogP contribution in [0.3, 0.4) is 0 Å². The van der Waals surface area contributed by atoms with Gasteiger partial charge >= 0.3 is 0 Å². The lowest BCUT2D eigenvalue weighted by atomic mass is 10.0. The number of benzene rings is 2. The maximum atomic E-state index is 6.02. The third kappa shape index (κ3) is 2.17. The zero-order valence-electron chi connectivity index (χ0n) is 8.69. The molecular formula is C13H16N2. The van der Waals surface area contributed by atoms with E-state index < -0.39 is 0 Å². The fourth-order valence-electron chi connectivity index (χ4n) is 1.78. The molecule has 2 rings (SSSR count). The topological polar surface area (TPSA) is 52.0 Å². The first-order valence-corrected chi connectivity index (χ1v) is 5.25. The van der Waals surface area contributed by atoms with Crippen LogP contribution in [0.1, 0.15) is 18.0 Å². The van der Waals surface area contributed by atoms with Crippen molar-refractivity contribution in [2.45, 2.75) is 12.5 Å². The van der Waals surface area contributed by atoms with E-state index in [1.807, 2.05) is 12.1 Å². The molecule has 0 radical (unpaired) electrons. The minimum absolute atomic E-state index is 0.0552. The molecule has 0 fully saturated rings. The standard InChI is InChI=1S/C13H16N2/c14-8-7-13(15)12-6-5-10-3-1-2-4-11(10)9-12/h1-6,9,13H,7-8,14-15H2/t13-/m0/s1. The molecule has 2 nitrogen and oxygen atoms in total. The van der Waals surface area contributed by atoms with Crippen LogP contribution in [-0.4, -0.2) is 6.54 Å². The summed E-state index contributed by atoms with van der Waals surface area (Å²) in [5.74, 6) is 0. The Morgan fingerprint density at radius 2 is 1.73 bits per heavy atom. The number of hydrogen-bond acceptors (Lipinski definition) is 2. The molecule has 0 amide bonds. The molecular weight excluding hydrogens is 184 g/mol. The van der Waals surface area contributed by atoms with Crippen molar-refractivity contribution in [3.05, 3.63) is 48.0 Å². The van der Waals surface area contributed by atoms with Gasteiger partial charge in [0.25, 0.3) is 0 Å². The molecule has 0 unspecified atom stereocenters. The molecule has 2 aromatic rings. The summed E-state index contributed by atoms with van der Waals surface area (Å²) in [6.45, 7) is 0.633. The third-order valence-electron chi connectivity index (χ3n) is 2.68. The fourth-order valence-corrected chi connectivity index (χ4v) is 1.78. The molecule has 4 N–H and O–H groups in total. The van der Waals surface area contributed by atoms with Crippen LogP contribution in [0.2, 0.25) is 0 Å².